The Morgan fingerprint density at radius 1 is 1.26 bits per heavy atom. The molecule has 0 aliphatic heterocycles. The first-order chi connectivity index (χ1) is 16.3. The fourth-order valence-electron chi connectivity index (χ4n) is 3.58. The molecule has 1 saturated carbocycles. The van der Waals surface area contributed by atoms with Crippen LogP contribution in [0.25, 0.3) is 16.0 Å². The second-order valence-electron chi connectivity index (χ2n) is 8.01. The normalized spacial score (nSPS) is 14.8. The molecule has 0 bridgehead atoms. The fourth-order valence-corrected chi connectivity index (χ4v) is 5.96. The number of anilines is 1. The molecule has 1 amide bonds. The van der Waals surface area contributed by atoms with Gasteiger partial charge in [-0.1, -0.05) is 18.5 Å². The van der Waals surface area contributed by atoms with E-state index in [1.807, 2.05) is 13.0 Å². The predicted molar refractivity (Wildman–Crippen MR) is 132 cm³/mol. The molecule has 34 heavy (non-hydrogen) atoms. The Hall–Kier alpha value is -3.02. The molecule has 12 heteroatoms. The third-order valence-electron chi connectivity index (χ3n) is 5.52. The standard InChI is InChI=1S/C22H21ClN6O3S2/c1-2-17(18-10-14(5-7-24-18)28-34(31,32)15-3-4-15)27-21(30)22-25-12-20(33-22)16-11-26-29-8-6-13(23)9-19(16)29/h5-12,15,17H,2-4H2,1H3,(H,24,28)(H,27,30)/t17-/m1/s1. The van der Waals surface area contributed by atoms with Gasteiger partial charge in [-0.25, -0.2) is 17.9 Å². The van der Waals surface area contributed by atoms with Gasteiger partial charge in [0.05, 0.1) is 39.3 Å². The highest BCUT2D eigenvalue weighted by Gasteiger charge is 2.35. The van der Waals surface area contributed by atoms with Crippen molar-refractivity contribution in [3.8, 4) is 10.4 Å². The molecule has 0 aromatic carbocycles. The van der Waals surface area contributed by atoms with E-state index in [4.69, 9.17) is 11.6 Å². The van der Waals surface area contributed by atoms with Gasteiger partial charge in [-0.05, 0) is 43.5 Å². The topological polar surface area (TPSA) is 118 Å². The van der Waals surface area contributed by atoms with Gasteiger partial charge >= 0.3 is 0 Å². The lowest BCUT2D eigenvalue weighted by Gasteiger charge is -2.17. The number of amides is 1. The van der Waals surface area contributed by atoms with Crippen molar-refractivity contribution in [1.29, 1.82) is 0 Å². The maximum Gasteiger partial charge on any atom is 0.280 e. The summed E-state index contributed by atoms with van der Waals surface area (Å²) in [6.07, 6.45) is 8.60. The zero-order chi connectivity index (χ0) is 23.9. The SMILES string of the molecule is CC[C@@H](NC(=O)c1ncc(-c2cnn3ccc(Cl)cc23)s1)c1cc(NS(=O)(=O)C2CC2)ccn1. The predicted octanol–water partition coefficient (Wildman–Crippen LogP) is 4.29. The van der Waals surface area contributed by atoms with Crippen molar-refractivity contribution in [2.45, 2.75) is 37.5 Å². The maximum absolute atomic E-state index is 13.0. The number of sulfonamides is 1. The average Bonchev–Trinajstić information content (AvgIpc) is 3.44. The Kier molecular flexibility index (Phi) is 6.00. The second-order valence-corrected chi connectivity index (χ2v) is 11.4. The van der Waals surface area contributed by atoms with Crippen LogP contribution >= 0.6 is 22.9 Å². The summed E-state index contributed by atoms with van der Waals surface area (Å²) < 4.78 is 28.8. The Balaban J connectivity index is 1.33. The smallest absolute Gasteiger partial charge is 0.280 e. The quantitative estimate of drug-likeness (QED) is 0.360. The summed E-state index contributed by atoms with van der Waals surface area (Å²) in [6.45, 7) is 1.92. The number of nitrogens with zero attached hydrogens (tertiary/aromatic N) is 4. The molecular formula is C22H21ClN6O3S2. The molecule has 9 nitrogen and oxygen atoms in total. The number of aromatic nitrogens is 4. The summed E-state index contributed by atoms with van der Waals surface area (Å²) in [6, 6.07) is 6.42. The number of fused-ring (bicyclic) bond motifs is 1. The van der Waals surface area contributed by atoms with Crippen molar-refractivity contribution >= 4 is 50.1 Å². The van der Waals surface area contributed by atoms with Crippen molar-refractivity contribution in [1.82, 2.24) is 24.9 Å². The largest absolute Gasteiger partial charge is 0.342 e. The van der Waals surface area contributed by atoms with Crippen LogP contribution in [-0.4, -0.2) is 39.2 Å². The number of halogens is 1. The lowest BCUT2D eigenvalue weighted by Crippen LogP contribution is -2.28. The third kappa shape index (κ3) is 4.63. The third-order valence-corrected chi connectivity index (χ3v) is 8.66. The molecule has 0 unspecified atom stereocenters. The highest BCUT2D eigenvalue weighted by Crippen LogP contribution is 2.32. The van der Waals surface area contributed by atoms with Crippen LogP contribution in [0.1, 0.15) is 47.7 Å². The molecule has 0 spiro atoms. The van der Waals surface area contributed by atoms with E-state index in [0.717, 1.165) is 16.0 Å². The van der Waals surface area contributed by atoms with Gasteiger partial charge in [0.1, 0.15) is 0 Å². The van der Waals surface area contributed by atoms with Crippen molar-refractivity contribution in [2.75, 3.05) is 4.72 Å². The van der Waals surface area contributed by atoms with Gasteiger partial charge in [-0.2, -0.15) is 5.10 Å². The van der Waals surface area contributed by atoms with Crippen LogP contribution in [0, 0.1) is 0 Å². The van der Waals surface area contributed by atoms with Gasteiger partial charge in [-0.15, -0.1) is 11.3 Å². The molecule has 4 aromatic heterocycles. The lowest BCUT2D eigenvalue weighted by molar-refractivity contribution is 0.0934. The zero-order valence-corrected chi connectivity index (χ0v) is 20.5. The summed E-state index contributed by atoms with van der Waals surface area (Å²) >= 11 is 7.38. The summed E-state index contributed by atoms with van der Waals surface area (Å²) in [5.74, 6) is -0.330. The first-order valence-electron chi connectivity index (χ1n) is 10.7. The Bertz CT molecular complexity index is 1480. The lowest BCUT2D eigenvalue weighted by atomic mass is 10.1. The molecule has 1 aliphatic rings. The number of hydrogen-bond donors (Lipinski definition) is 2. The van der Waals surface area contributed by atoms with Gasteiger partial charge in [0.15, 0.2) is 5.01 Å². The molecule has 176 valence electrons. The molecule has 1 aliphatic carbocycles. The minimum Gasteiger partial charge on any atom is -0.342 e. The van der Waals surface area contributed by atoms with Crippen LogP contribution in [-0.2, 0) is 10.0 Å². The summed E-state index contributed by atoms with van der Waals surface area (Å²) in [7, 11) is -3.38. The number of pyridine rings is 2. The van der Waals surface area contributed by atoms with Crippen molar-refractivity contribution in [3.63, 3.8) is 0 Å². The van der Waals surface area contributed by atoms with Gasteiger partial charge in [-0.3, -0.25) is 14.5 Å². The Labute approximate surface area is 205 Å². The average molecular weight is 517 g/mol. The van der Waals surface area contributed by atoms with E-state index in [9.17, 15) is 13.2 Å². The number of carbonyl (C=O) groups is 1. The molecule has 0 saturated heterocycles. The molecular weight excluding hydrogens is 496 g/mol. The van der Waals surface area contributed by atoms with E-state index in [2.05, 4.69) is 25.1 Å². The van der Waals surface area contributed by atoms with E-state index >= 15 is 0 Å². The number of rotatable bonds is 8. The van der Waals surface area contributed by atoms with Crippen molar-refractivity contribution in [3.05, 3.63) is 64.8 Å². The molecule has 4 heterocycles. The first-order valence-corrected chi connectivity index (χ1v) is 13.5. The van der Waals surface area contributed by atoms with Crippen LogP contribution in [0.15, 0.2) is 49.1 Å². The first kappa shape index (κ1) is 22.8. The van der Waals surface area contributed by atoms with Gasteiger partial charge in [0.25, 0.3) is 5.91 Å². The van der Waals surface area contributed by atoms with Crippen molar-refractivity contribution < 1.29 is 13.2 Å². The van der Waals surface area contributed by atoms with Crippen LogP contribution in [0.4, 0.5) is 5.69 Å². The summed E-state index contributed by atoms with van der Waals surface area (Å²) in [4.78, 5) is 22.4. The second kappa shape index (κ2) is 8.97. The number of thiazole rings is 1. The summed E-state index contributed by atoms with van der Waals surface area (Å²) in [5.41, 5.74) is 2.67. The fraction of sp³-hybridized carbons (Fsp3) is 0.273. The highest BCUT2D eigenvalue weighted by molar-refractivity contribution is 7.93. The minimum atomic E-state index is -3.38. The Morgan fingerprint density at radius 3 is 2.85 bits per heavy atom. The Morgan fingerprint density at radius 2 is 2.09 bits per heavy atom. The molecule has 2 N–H and O–H groups in total. The van der Waals surface area contributed by atoms with Gasteiger partial charge < -0.3 is 5.32 Å². The zero-order valence-electron chi connectivity index (χ0n) is 18.1. The number of hydrogen-bond acceptors (Lipinski definition) is 7. The van der Waals surface area contributed by atoms with Gasteiger partial charge in [0.2, 0.25) is 10.0 Å². The molecule has 5 rings (SSSR count). The maximum atomic E-state index is 13.0. The molecule has 1 fully saturated rings. The van der Waals surface area contributed by atoms with E-state index in [-0.39, 0.29) is 11.2 Å². The monoisotopic (exact) mass is 516 g/mol. The molecule has 1 atom stereocenters. The minimum absolute atomic E-state index is 0.306. The van der Waals surface area contributed by atoms with E-state index in [0.29, 0.717) is 40.7 Å². The molecule has 0 radical (unpaired) electrons. The van der Waals surface area contributed by atoms with E-state index < -0.39 is 16.1 Å². The molecule has 4 aromatic rings. The van der Waals surface area contributed by atoms with Crippen LogP contribution < -0.4 is 10.0 Å². The van der Waals surface area contributed by atoms with Crippen LogP contribution in [0.2, 0.25) is 5.02 Å². The summed E-state index contributed by atoms with van der Waals surface area (Å²) in [5, 5.41) is 7.85. The van der Waals surface area contributed by atoms with E-state index in [1.54, 1.807) is 41.3 Å². The van der Waals surface area contributed by atoms with E-state index in [1.165, 1.54) is 17.5 Å². The highest BCUT2D eigenvalue weighted by atomic mass is 35.5. The number of carbonyl (C=O) groups excluding carboxylic acids is 1. The number of nitrogens with one attached hydrogen (secondary N) is 2. The van der Waals surface area contributed by atoms with Crippen LogP contribution in [0.3, 0.4) is 0 Å². The van der Waals surface area contributed by atoms with Crippen LogP contribution in [0.5, 0.6) is 0 Å². The van der Waals surface area contributed by atoms with Crippen molar-refractivity contribution in [2.24, 2.45) is 0 Å². The van der Waals surface area contributed by atoms with Gasteiger partial charge in [0, 0.05) is 29.2 Å².